The molecule has 0 fully saturated rings. The summed E-state index contributed by atoms with van der Waals surface area (Å²) in [5, 5.41) is 0. The van der Waals surface area contributed by atoms with Gasteiger partial charge in [0.1, 0.15) is 16.2 Å². The molecule has 0 amide bonds. The number of allylic oxidation sites excluding steroid dienone is 2. The number of hydrogen-bond donors (Lipinski definition) is 1. The molecule has 0 spiro atoms. The van der Waals surface area contributed by atoms with Gasteiger partial charge in [-0.05, 0) is 81.3 Å². The number of rotatable bonds is 5. The maximum Gasteiger partial charge on any atom is 0.212 e. The van der Waals surface area contributed by atoms with E-state index < -0.39 is 9.84 Å². The Balaban J connectivity index is 1.72. The van der Waals surface area contributed by atoms with Gasteiger partial charge < -0.3 is 10.3 Å². The number of aromatic nitrogens is 3. The molecule has 170 valence electrons. The molecule has 5 rings (SSSR count). The van der Waals surface area contributed by atoms with Crippen LogP contribution in [0.3, 0.4) is 0 Å². The molecule has 0 atom stereocenters. The van der Waals surface area contributed by atoms with E-state index in [2.05, 4.69) is 6.08 Å². The highest BCUT2D eigenvalue weighted by Gasteiger charge is 2.30. The Morgan fingerprint density at radius 1 is 1.00 bits per heavy atom. The van der Waals surface area contributed by atoms with Crippen LogP contribution >= 0.6 is 0 Å². The van der Waals surface area contributed by atoms with Gasteiger partial charge in [0.25, 0.3) is 0 Å². The summed E-state index contributed by atoms with van der Waals surface area (Å²) in [6.45, 7) is 4.44. The highest BCUT2D eigenvalue weighted by Crippen LogP contribution is 2.36. The van der Waals surface area contributed by atoms with Crippen LogP contribution in [0.15, 0.2) is 63.9 Å². The molecule has 2 heterocycles. The topological polar surface area (TPSA) is 90.9 Å². The van der Waals surface area contributed by atoms with Crippen LogP contribution in [0.1, 0.15) is 43.2 Å². The molecule has 0 bridgehead atoms. The van der Waals surface area contributed by atoms with Gasteiger partial charge in [-0.15, -0.1) is 0 Å². The smallest absolute Gasteiger partial charge is 0.212 e. The van der Waals surface area contributed by atoms with Crippen molar-refractivity contribution < 1.29 is 8.42 Å². The SMILES string of the molecule is Cc1ccc(S(=O)(=O)c2c(N)n(CCC3=CCCCC3)c3nc4ccccc4nc23)cc1C. The predicted molar refractivity (Wildman–Crippen MR) is 132 cm³/mol. The molecule has 1 aliphatic carbocycles. The van der Waals surface area contributed by atoms with Crippen molar-refractivity contribution in [2.75, 3.05) is 5.73 Å². The van der Waals surface area contributed by atoms with Crippen molar-refractivity contribution in [3.8, 4) is 0 Å². The lowest BCUT2D eigenvalue weighted by Crippen LogP contribution is -2.09. The van der Waals surface area contributed by atoms with Gasteiger partial charge in [0.05, 0.1) is 15.9 Å². The van der Waals surface area contributed by atoms with Crippen LogP contribution in [-0.2, 0) is 16.4 Å². The van der Waals surface area contributed by atoms with E-state index in [0.29, 0.717) is 23.2 Å². The monoisotopic (exact) mass is 460 g/mol. The highest BCUT2D eigenvalue weighted by atomic mass is 32.2. The highest BCUT2D eigenvalue weighted by molar-refractivity contribution is 7.92. The zero-order chi connectivity index (χ0) is 23.2. The molecule has 2 N–H and O–H groups in total. The third-order valence-corrected chi connectivity index (χ3v) is 8.46. The molecule has 1 aliphatic rings. The normalized spacial score (nSPS) is 14.7. The summed E-state index contributed by atoms with van der Waals surface area (Å²) in [7, 11) is -3.89. The van der Waals surface area contributed by atoms with E-state index in [-0.39, 0.29) is 15.6 Å². The number of anilines is 1. The van der Waals surface area contributed by atoms with E-state index in [4.69, 9.17) is 15.7 Å². The summed E-state index contributed by atoms with van der Waals surface area (Å²) >= 11 is 0. The molecule has 7 heteroatoms. The minimum absolute atomic E-state index is 0.0524. The number of nitrogens with two attached hydrogens (primary N) is 1. The first-order valence-corrected chi connectivity index (χ1v) is 12.9. The van der Waals surface area contributed by atoms with Crippen molar-refractivity contribution in [2.24, 2.45) is 0 Å². The zero-order valence-corrected chi connectivity index (χ0v) is 19.8. The van der Waals surface area contributed by atoms with Crippen LogP contribution in [0.4, 0.5) is 5.82 Å². The van der Waals surface area contributed by atoms with Crippen molar-refractivity contribution in [2.45, 2.75) is 62.3 Å². The Kier molecular flexibility index (Phi) is 5.44. The van der Waals surface area contributed by atoms with Gasteiger partial charge in [0.15, 0.2) is 5.65 Å². The Morgan fingerprint density at radius 2 is 1.76 bits per heavy atom. The van der Waals surface area contributed by atoms with E-state index in [1.807, 2.05) is 48.7 Å². The third-order valence-electron chi connectivity index (χ3n) is 6.65. The molecular weight excluding hydrogens is 432 g/mol. The largest absolute Gasteiger partial charge is 0.384 e. The minimum atomic E-state index is -3.89. The van der Waals surface area contributed by atoms with Crippen molar-refractivity contribution >= 4 is 37.9 Å². The van der Waals surface area contributed by atoms with Gasteiger partial charge in [-0.1, -0.05) is 29.8 Å². The maximum absolute atomic E-state index is 13.8. The third kappa shape index (κ3) is 3.80. The molecule has 0 unspecified atom stereocenters. The Bertz CT molecular complexity index is 1520. The van der Waals surface area contributed by atoms with E-state index >= 15 is 0 Å². The number of sulfone groups is 1. The fraction of sp³-hybridized carbons (Fsp3) is 0.308. The molecule has 2 aromatic heterocycles. The minimum Gasteiger partial charge on any atom is -0.384 e. The fourth-order valence-corrected chi connectivity index (χ4v) is 6.16. The van der Waals surface area contributed by atoms with Crippen LogP contribution in [0, 0.1) is 13.8 Å². The fourth-order valence-electron chi connectivity index (χ4n) is 4.57. The standard InChI is InChI=1S/C26H28N4O2S/c1-17-12-13-20(16-18(17)2)33(31,32)24-23-26(29-22-11-7-6-10-21(22)28-23)30(25(24)27)15-14-19-8-4-3-5-9-19/h6-8,10-13,16H,3-5,9,14-15,27H2,1-2H3. The summed E-state index contributed by atoms with van der Waals surface area (Å²) in [6, 6.07) is 12.7. The Morgan fingerprint density at radius 3 is 2.45 bits per heavy atom. The molecule has 0 saturated carbocycles. The van der Waals surface area contributed by atoms with Gasteiger partial charge in [-0.2, -0.15) is 0 Å². The molecule has 33 heavy (non-hydrogen) atoms. The van der Waals surface area contributed by atoms with Crippen LogP contribution in [0.25, 0.3) is 22.2 Å². The second kappa shape index (κ2) is 8.30. The van der Waals surface area contributed by atoms with Gasteiger partial charge in [-0.3, -0.25) is 0 Å². The molecular formula is C26H28N4O2S. The van der Waals surface area contributed by atoms with Crippen molar-refractivity contribution in [1.82, 2.24) is 14.5 Å². The lowest BCUT2D eigenvalue weighted by atomic mass is 9.97. The maximum atomic E-state index is 13.8. The molecule has 4 aromatic rings. The molecule has 2 aromatic carbocycles. The second-order valence-electron chi connectivity index (χ2n) is 8.86. The number of benzene rings is 2. The van der Waals surface area contributed by atoms with Crippen molar-refractivity contribution in [3.63, 3.8) is 0 Å². The van der Waals surface area contributed by atoms with Gasteiger partial charge >= 0.3 is 0 Å². The second-order valence-corrected chi connectivity index (χ2v) is 10.7. The number of nitrogen functional groups attached to an aromatic ring is 1. The predicted octanol–water partition coefficient (Wildman–Crippen LogP) is 5.51. The Hall–Kier alpha value is -3.19. The molecule has 0 radical (unpaired) electrons. The summed E-state index contributed by atoms with van der Waals surface area (Å²) in [4.78, 5) is 9.80. The van der Waals surface area contributed by atoms with Crippen molar-refractivity contribution in [3.05, 3.63) is 65.2 Å². The number of nitrogens with zero attached hydrogens (tertiary/aromatic N) is 3. The van der Waals surface area contributed by atoms with E-state index in [0.717, 1.165) is 35.9 Å². The molecule has 0 saturated heterocycles. The summed E-state index contributed by atoms with van der Waals surface area (Å²) in [5.41, 5.74) is 12.1. The average molecular weight is 461 g/mol. The first kappa shape index (κ1) is 21.6. The number of fused-ring (bicyclic) bond motifs is 2. The van der Waals surface area contributed by atoms with Gasteiger partial charge in [0, 0.05) is 6.54 Å². The summed E-state index contributed by atoms with van der Waals surface area (Å²) in [6.07, 6.45) is 7.75. The summed E-state index contributed by atoms with van der Waals surface area (Å²) < 4.78 is 29.5. The zero-order valence-electron chi connectivity index (χ0n) is 19.0. The van der Waals surface area contributed by atoms with Crippen LogP contribution < -0.4 is 5.73 Å². The van der Waals surface area contributed by atoms with Crippen LogP contribution in [0.2, 0.25) is 0 Å². The first-order valence-electron chi connectivity index (χ1n) is 11.4. The average Bonchev–Trinajstić information content (AvgIpc) is 3.09. The quantitative estimate of drug-likeness (QED) is 0.397. The van der Waals surface area contributed by atoms with Gasteiger partial charge in [0.2, 0.25) is 9.84 Å². The number of para-hydroxylation sites is 2. The van der Waals surface area contributed by atoms with Crippen molar-refractivity contribution in [1.29, 1.82) is 0 Å². The lowest BCUT2D eigenvalue weighted by Gasteiger charge is -2.14. The van der Waals surface area contributed by atoms with E-state index in [1.165, 1.54) is 18.4 Å². The number of aryl methyl sites for hydroxylation is 3. The van der Waals surface area contributed by atoms with Crippen LogP contribution in [-0.4, -0.2) is 23.0 Å². The number of hydrogen-bond acceptors (Lipinski definition) is 5. The molecule has 0 aliphatic heterocycles. The van der Waals surface area contributed by atoms with Gasteiger partial charge in [-0.25, -0.2) is 18.4 Å². The van der Waals surface area contributed by atoms with E-state index in [1.54, 1.807) is 12.1 Å². The molecule has 6 nitrogen and oxygen atoms in total. The van der Waals surface area contributed by atoms with Crippen LogP contribution in [0.5, 0.6) is 0 Å². The summed E-state index contributed by atoms with van der Waals surface area (Å²) in [5.74, 6) is 0.204. The van der Waals surface area contributed by atoms with E-state index in [9.17, 15) is 8.42 Å². The lowest BCUT2D eigenvalue weighted by molar-refractivity contribution is 0.596. The Labute approximate surface area is 194 Å². The first-order chi connectivity index (χ1) is 15.9.